The first-order valence-corrected chi connectivity index (χ1v) is 11.0. The number of nitrogens with one attached hydrogen (secondary N) is 1. The molecule has 0 aromatic heterocycles. The quantitative estimate of drug-likeness (QED) is 0.722. The molecule has 1 aliphatic rings. The van der Waals surface area contributed by atoms with E-state index in [0.29, 0.717) is 36.0 Å². The lowest BCUT2D eigenvalue weighted by molar-refractivity contribution is -0.132. The van der Waals surface area contributed by atoms with Crippen molar-refractivity contribution in [3.63, 3.8) is 0 Å². The van der Waals surface area contributed by atoms with Gasteiger partial charge in [0.1, 0.15) is 11.5 Å². The Hall–Kier alpha value is -2.78. The summed E-state index contributed by atoms with van der Waals surface area (Å²) in [5, 5.41) is 0. The van der Waals surface area contributed by atoms with Gasteiger partial charge in [-0.2, -0.15) is 0 Å². The maximum Gasteiger partial charge on any atom is 0.270 e. The van der Waals surface area contributed by atoms with Gasteiger partial charge in [0.2, 0.25) is 0 Å². The van der Waals surface area contributed by atoms with Crippen molar-refractivity contribution in [1.82, 2.24) is 4.90 Å². The van der Waals surface area contributed by atoms with Crippen molar-refractivity contribution in [2.75, 3.05) is 43.9 Å². The van der Waals surface area contributed by atoms with Crippen LogP contribution < -0.4 is 19.1 Å². The van der Waals surface area contributed by atoms with Gasteiger partial charge in [0.25, 0.3) is 15.9 Å². The van der Waals surface area contributed by atoms with E-state index in [0.717, 1.165) is 0 Å². The van der Waals surface area contributed by atoms with Crippen LogP contribution in [-0.4, -0.2) is 59.1 Å². The lowest BCUT2D eigenvalue weighted by Gasteiger charge is -2.39. The second kappa shape index (κ2) is 8.16. The third-order valence-electron chi connectivity index (χ3n) is 4.77. The molecule has 1 heterocycles. The fourth-order valence-corrected chi connectivity index (χ4v) is 4.18. The van der Waals surface area contributed by atoms with Crippen molar-refractivity contribution in [3.05, 3.63) is 42.5 Å². The molecule has 0 saturated carbocycles. The molecule has 2 aromatic rings. The molecular formula is C21H27N3O5S. The minimum Gasteiger partial charge on any atom is -0.497 e. The number of hydrogen-bond acceptors (Lipinski definition) is 6. The second-order valence-electron chi connectivity index (χ2n) is 7.84. The molecule has 0 radical (unpaired) electrons. The van der Waals surface area contributed by atoms with Gasteiger partial charge in [-0.15, -0.1) is 0 Å². The van der Waals surface area contributed by atoms with E-state index in [9.17, 15) is 13.2 Å². The van der Waals surface area contributed by atoms with E-state index in [1.54, 1.807) is 49.1 Å². The van der Waals surface area contributed by atoms with Crippen LogP contribution in [-0.2, 0) is 14.8 Å². The standard InChI is InChI=1S/C21H27N3O5S/c1-21(2)20(25)24(13-12-23(3)4)18-11-6-15(14-19(18)29-21)22-30(26,27)17-9-7-16(28-5)8-10-17/h6-11,14,22H,12-13H2,1-5H3. The molecule has 0 atom stereocenters. The number of ether oxygens (including phenoxy) is 2. The summed E-state index contributed by atoms with van der Waals surface area (Å²) in [4.78, 5) is 16.6. The van der Waals surface area contributed by atoms with Crippen LogP contribution in [0.1, 0.15) is 13.8 Å². The number of anilines is 2. The molecule has 0 saturated heterocycles. The Morgan fingerprint density at radius 1 is 1.13 bits per heavy atom. The molecule has 0 unspecified atom stereocenters. The van der Waals surface area contributed by atoms with Gasteiger partial charge in [0.05, 0.1) is 23.4 Å². The van der Waals surface area contributed by atoms with E-state index >= 15 is 0 Å². The van der Waals surface area contributed by atoms with Gasteiger partial charge in [0, 0.05) is 19.2 Å². The van der Waals surface area contributed by atoms with E-state index in [4.69, 9.17) is 9.47 Å². The average molecular weight is 434 g/mol. The first-order chi connectivity index (χ1) is 14.0. The van der Waals surface area contributed by atoms with Crippen molar-refractivity contribution >= 4 is 27.3 Å². The normalized spacial score (nSPS) is 15.5. The first-order valence-electron chi connectivity index (χ1n) is 9.50. The predicted molar refractivity (Wildman–Crippen MR) is 116 cm³/mol. The maximum absolute atomic E-state index is 12.8. The molecule has 1 N–H and O–H groups in total. The van der Waals surface area contributed by atoms with Crippen LogP contribution in [0.15, 0.2) is 47.4 Å². The zero-order chi connectivity index (χ0) is 22.1. The van der Waals surface area contributed by atoms with Crippen molar-refractivity contribution in [2.24, 2.45) is 0 Å². The number of nitrogens with zero attached hydrogens (tertiary/aromatic N) is 2. The lowest BCUT2D eigenvalue weighted by Crippen LogP contribution is -2.53. The summed E-state index contributed by atoms with van der Waals surface area (Å²) in [6.45, 7) is 4.60. The van der Waals surface area contributed by atoms with Crippen LogP contribution in [0.4, 0.5) is 11.4 Å². The maximum atomic E-state index is 12.8. The van der Waals surface area contributed by atoms with Crippen molar-refractivity contribution in [2.45, 2.75) is 24.3 Å². The fraction of sp³-hybridized carbons (Fsp3) is 0.381. The number of likely N-dealkylation sites (N-methyl/N-ethyl adjacent to an activating group) is 1. The Morgan fingerprint density at radius 3 is 2.40 bits per heavy atom. The van der Waals surface area contributed by atoms with Gasteiger partial charge < -0.3 is 19.3 Å². The number of carbonyl (C=O) groups excluding carboxylic acids is 1. The molecule has 1 aliphatic heterocycles. The summed E-state index contributed by atoms with van der Waals surface area (Å²) in [5.74, 6) is 0.887. The summed E-state index contributed by atoms with van der Waals surface area (Å²) < 4.78 is 39.0. The van der Waals surface area contributed by atoms with Gasteiger partial charge in [-0.05, 0) is 64.3 Å². The van der Waals surface area contributed by atoms with E-state index in [2.05, 4.69) is 4.72 Å². The summed E-state index contributed by atoms with van der Waals surface area (Å²) >= 11 is 0. The van der Waals surface area contributed by atoms with Crippen LogP contribution >= 0.6 is 0 Å². The summed E-state index contributed by atoms with van der Waals surface area (Å²) in [7, 11) is 1.61. The van der Waals surface area contributed by atoms with E-state index < -0.39 is 15.6 Å². The number of methoxy groups -OCH3 is 1. The van der Waals surface area contributed by atoms with Crippen LogP contribution in [0.3, 0.4) is 0 Å². The van der Waals surface area contributed by atoms with Crippen molar-refractivity contribution < 1.29 is 22.7 Å². The molecule has 0 fully saturated rings. The molecule has 9 heteroatoms. The van der Waals surface area contributed by atoms with Crippen LogP contribution in [0, 0.1) is 0 Å². The summed E-state index contributed by atoms with van der Waals surface area (Å²) in [5.41, 5.74) is -0.0804. The highest BCUT2D eigenvalue weighted by Crippen LogP contribution is 2.39. The number of benzene rings is 2. The van der Waals surface area contributed by atoms with E-state index in [1.807, 2.05) is 19.0 Å². The van der Waals surface area contributed by atoms with Gasteiger partial charge in [-0.25, -0.2) is 8.42 Å². The number of rotatable bonds is 7. The van der Waals surface area contributed by atoms with Gasteiger partial charge in [-0.1, -0.05) is 0 Å². The minimum absolute atomic E-state index is 0.116. The zero-order valence-corrected chi connectivity index (χ0v) is 18.6. The Labute approximate surface area is 177 Å². The Bertz CT molecular complexity index is 1030. The number of carbonyl (C=O) groups is 1. The van der Waals surface area contributed by atoms with Crippen molar-refractivity contribution in [3.8, 4) is 11.5 Å². The van der Waals surface area contributed by atoms with Crippen LogP contribution in [0.5, 0.6) is 11.5 Å². The highest BCUT2D eigenvalue weighted by atomic mass is 32.2. The number of amides is 1. The molecule has 162 valence electrons. The highest BCUT2D eigenvalue weighted by molar-refractivity contribution is 7.92. The third-order valence-corrected chi connectivity index (χ3v) is 6.17. The monoisotopic (exact) mass is 433 g/mol. The lowest BCUT2D eigenvalue weighted by atomic mass is 10.0. The smallest absolute Gasteiger partial charge is 0.270 e. The molecule has 30 heavy (non-hydrogen) atoms. The summed E-state index contributed by atoms with van der Waals surface area (Å²) in [6.07, 6.45) is 0. The molecule has 8 nitrogen and oxygen atoms in total. The van der Waals surface area contributed by atoms with E-state index in [1.165, 1.54) is 19.2 Å². The van der Waals surface area contributed by atoms with Gasteiger partial charge in [0.15, 0.2) is 5.60 Å². The third kappa shape index (κ3) is 4.52. The van der Waals surface area contributed by atoms with E-state index in [-0.39, 0.29) is 10.8 Å². The first kappa shape index (κ1) is 21.9. The largest absolute Gasteiger partial charge is 0.497 e. The van der Waals surface area contributed by atoms with Gasteiger partial charge in [-0.3, -0.25) is 9.52 Å². The van der Waals surface area contributed by atoms with Gasteiger partial charge >= 0.3 is 0 Å². The minimum atomic E-state index is -3.79. The van der Waals surface area contributed by atoms with Crippen LogP contribution in [0.2, 0.25) is 0 Å². The number of fused-ring (bicyclic) bond motifs is 1. The molecule has 1 amide bonds. The fourth-order valence-electron chi connectivity index (χ4n) is 3.13. The Morgan fingerprint density at radius 2 is 1.80 bits per heavy atom. The molecule has 0 bridgehead atoms. The summed E-state index contributed by atoms with van der Waals surface area (Å²) in [6, 6.07) is 11.0. The predicted octanol–water partition coefficient (Wildman–Crippen LogP) is 2.56. The highest BCUT2D eigenvalue weighted by Gasteiger charge is 2.40. The Balaban J connectivity index is 1.89. The number of hydrogen-bond donors (Lipinski definition) is 1. The zero-order valence-electron chi connectivity index (χ0n) is 17.8. The molecule has 3 rings (SSSR count). The second-order valence-corrected chi connectivity index (χ2v) is 9.52. The molecule has 2 aromatic carbocycles. The molecular weight excluding hydrogens is 406 g/mol. The van der Waals surface area contributed by atoms with Crippen LogP contribution in [0.25, 0.3) is 0 Å². The SMILES string of the molecule is COc1ccc(S(=O)(=O)Nc2ccc3c(c2)OC(C)(C)C(=O)N3CCN(C)C)cc1. The molecule has 0 spiro atoms. The topological polar surface area (TPSA) is 88.2 Å². The average Bonchev–Trinajstić information content (AvgIpc) is 2.67. The number of sulfonamides is 1. The Kier molecular flexibility index (Phi) is 5.96. The molecule has 0 aliphatic carbocycles. The van der Waals surface area contributed by atoms with Crippen molar-refractivity contribution in [1.29, 1.82) is 0 Å².